The SMILES string of the molecule is COCCOCCOc1cc(F)cc2[nH]c(C(C)c3nc4ccc(C(=N)N)cc4[nH]3)nc12. The van der Waals surface area contributed by atoms with Gasteiger partial charge in [-0.25, -0.2) is 14.4 Å². The maximum atomic E-state index is 14.1. The molecule has 0 aliphatic heterocycles. The van der Waals surface area contributed by atoms with Crippen LogP contribution in [0.25, 0.3) is 22.1 Å². The molecule has 1 atom stereocenters. The number of nitrogens with zero attached hydrogens (tertiary/aromatic N) is 2. The lowest BCUT2D eigenvalue weighted by molar-refractivity contribution is 0.0546. The molecule has 0 fully saturated rings. The first kappa shape index (κ1) is 21.7. The molecule has 1 unspecified atom stereocenters. The van der Waals surface area contributed by atoms with Crippen molar-refractivity contribution in [1.29, 1.82) is 5.41 Å². The summed E-state index contributed by atoms with van der Waals surface area (Å²) in [6.07, 6.45) is 0. The summed E-state index contributed by atoms with van der Waals surface area (Å²) < 4.78 is 30.2. The van der Waals surface area contributed by atoms with E-state index < -0.39 is 5.82 Å². The van der Waals surface area contributed by atoms with Crippen LogP contribution in [0.2, 0.25) is 0 Å². The highest BCUT2D eigenvalue weighted by Crippen LogP contribution is 2.30. The highest BCUT2D eigenvalue weighted by molar-refractivity contribution is 5.98. The Hall–Kier alpha value is -3.50. The Morgan fingerprint density at radius 1 is 1.06 bits per heavy atom. The number of fused-ring (bicyclic) bond motifs is 2. The summed E-state index contributed by atoms with van der Waals surface area (Å²) in [5.41, 5.74) is 8.81. The first-order valence-electron chi connectivity index (χ1n) is 10.2. The van der Waals surface area contributed by atoms with Gasteiger partial charge >= 0.3 is 0 Å². The monoisotopic (exact) mass is 440 g/mol. The summed E-state index contributed by atoms with van der Waals surface area (Å²) in [6.45, 7) is 3.54. The molecule has 0 amide bonds. The molecule has 0 spiro atoms. The number of aromatic nitrogens is 4. The van der Waals surface area contributed by atoms with Gasteiger partial charge in [-0.1, -0.05) is 0 Å². The van der Waals surface area contributed by atoms with Crippen LogP contribution in [0.15, 0.2) is 30.3 Å². The van der Waals surface area contributed by atoms with E-state index in [0.29, 0.717) is 53.8 Å². The van der Waals surface area contributed by atoms with Crippen molar-refractivity contribution in [2.45, 2.75) is 12.8 Å². The number of halogens is 1. The Kier molecular flexibility index (Phi) is 6.33. The molecular formula is C22H25FN6O3. The number of nitrogens with two attached hydrogens (primary N) is 1. The van der Waals surface area contributed by atoms with Gasteiger partial charge in [0.2, 0.25) is 0 Å². The Morgan fingerprint density at radius 3 is 2.59 bits per heavy atom. The van der Waals surface area contributed by atoms with Crippen molar-refractivity contribution in [1.82, 2.24) is 19.9 Å². The van der Waals surface area contributed by atoms with E-state index in [-0.39, 0.29) is 18.4 Å². The first-order valence-corrected chi connectivity index (χ1v) is 10.2. The van der Waals surface area contributed by atoms with Crippen LogP contribution >= 0.6 is 0 Å². The minimum Gasteiger partial charge on any atom is -0.489 e. The predicted molar refractivity (Wildman–Crippen MR) is 119 cm³/mol. The minimum atomic E-state index is -0.420. The largest absolute Gasteiger partial charge is 0.489 e. The fourth-order valence-electron chi connectivity index (χ4n) is 3.37. The number of imidazole rings is 2. The summed E-state index contributed by atoms with van der Waals surface area (Å²) in [6, 6.07) is 8.06. The second-order valence-electron chi connectivity index (χ2n) is 7.37. The molecular weight excluding hydrogens is 415 g/mol. The Balaban J connectivity index is 1.56. The van der Waals surface area contributed by atoms with Gasteiger partial charge in [0.15, 0.2) is 0 Å². The fraction of sp³-hybridized carbons (Fsp3) is 0.318. The van der Waals surface area contributed by atoms with Gasteiger partial charge in [-0.2, -0.15) is 0 Å². The highest BCUT2D eigenvalue weighted by atomic mass is 19.1. The van der Waals surface area contributed by atoms with Crippen molar-refractivity contribution < 1.29 is 18.6 Å². The third-order valence-electron chi connectivity index (χ3n) is 5.08. The summed E-state index contributed by atoms with van der Waals surface area (Å²) >= 11 is 0. The number of H-pyrrole nitrogens is 2. The van der Waals surface area contributed by atoms with Crippen LogP contribution in [0.4, 0.5) is 4.39 Å². The lowest BCUT2D eigenvalue weighted by atomic mass is 10.1. The van der Waals surface area contributed by atoms with E-state index in [1.807, 2.05) is 13.0 Å². The predicted octanol–water partition coefficient (Wildman–Crippen LogP) is 3.06. The molecule has 0 aliphatic carbocycles. The summed E-state index contributed by atoms with van der Waals surface area (Å²) in [7, 11) is 1.61. The minimum absolute atomic E-state index is 0.00737. The van der Waals surface area contributed by atoms with Gasteiger partial charge < -0.3 is 29.9 Å². The summed E-state index contributed by atoms with van der Waals surface area (Å²) in [5.74, 6) is 1.01. The quantitative estimate of drug-likeness (QED) is 0.170. The topological polar surface area (TPSA) is 135 Å². The number of methoxy groups -OCH3 is 1. The van der Waals surface area contributed by atoms with Gasteiger partial charge in [0.1, 0.15) is 41.2 Å². The summed E-state index contributed by atoms with van der Waals surface area (Å²) in [4.78, 5) is 15.7. The normalized spacial score (nSPS) is 12.5. The molecule has 0 bridgehead atoms. The van der Waals surface area contributed by atoms with Gasteiger partial charge in [0.05, 0.1) is 42.3 Å². The number of rotatable bonds is 10. The number of aromatic amines is 2. The average molecular weight is 440 g/mol. The molecule has 10 heteroatoms. The second-order valence-corrected chi connectivity index (χ2v) is 7.37. The number of benzene rings is 2. The molecule has 2 heterocycles. The van der Waals surface area contributed by atoms with Gasteiger partial charge in [-0.05, 0) is 31.2 Å². The molecule has 2 aromatic carbocycles. The van der Waals surface area contributed by atoms with Gasteiger partial charge in [-0.15, -0.1) is 0 Å². The lowest BCUT2D eigenvalue weighted by Crippen LogP contribution is -2.10. The van der Waals surface area contributed by atoms with Crippen molar-refractivity contribution in [2.75, 3.05) is 33.5 Å². The van der Waals surface area contributed by atoms with Crippen molar-refractivity contribution in [3.8, 4) is 5.75 Å². The van der Waals surface area contributed by atoms with Crippen LogP contribution in [0.1, 0.15) is 30.1 Å². The van der Waals surface area contributed by atoms with E-state index in [0.717, 1.165) is 11.0 Å². The zero-order valence-electron chi connectivity index (χ0n) is 17.9. The number of nitrogen functional groups attached to an aromatic ring is 1. The molecule has 5 N–H and O–H groups in total. The summed E-state index contributed by atoms with van der Waals surface area (Å²) in [5, 5.41) is 7.60. The molecule has 0 aliphatic rings. The van der Waals surface area contributed by atoms with E-state index in [2.05, 4.69) is 19.9 Å². The smallest absolute Gasteiger partial charge is 0.150 e. The van der Waals surface area contributed by atoms with Crippen LogP contribution in [0.3, 0.4) is 0 Å². The van der Waals surface area contributed by atoms with Crippen LogP contribution in [0.5, 0.6) is 5.75 Å². The first-order chi connectivity index (χ1) is 15.5. The Morgan fingerprint density at radius 2 is 1.81 bits per heavy atom. The van der Waals surface area contributed by atoms with E-state index in [1.165, 1.54) is 12.1 Å². The number of nitrogens with one attached hydrogen (secondary N) is 3. The fourth-order valence-corrected chi connectivity index (χ4v) is 3.37. The molecule has 32 heavy (non-hydrogen) atoms. The molecule has 0 radical (unpaired) electrons. The van der Waals surface area contributed by atoms with Crippen molar-refractivity contribution in [3.63, 3.8) is 0 Å². The maximum absolute atomic E-state index is 14.1. The number of ether oxygens (including phenoxy) is 3. The van der Waals surface area contributed by atoms with Crippen LogP contribution < -0.4 is 10.5 Å². The third kappa shape index (κ3) is 4.56. The zero-order valence-corrected chi connectivity index (χ0v) is 17.9. The van der Waals surface area contributed by atoms with Crippen molar-refractivity contribution in [3.05, 3.63) is 53.4 Å². The molecule has 168 valence electrons. The van der Waals surface area contributed by atoms with E-state index in [4.69, 9.17) is 25.4 Å². The van der Waals surface area contributed by atoms with Gasteiger partial charge in [-0.3, -0.25) is 5.41 Å². The molecule has 4 rings (SSSR count). The van der Waals surface area contributed by atoms with Gasteiger partial charge in [0, 0.05) is 18.7 Å². The highest BCUT2D eigenvalue weighted by Gasteiger charge is 2.19. The Bertz CT molecular complexity index is 1250. The van der Waals surface area contributed by atoms with Crippen molar-refractivity contribution >= 4 is 27.9 Å². The van der Waals surface area contributed by atoms with E-state index in [9.17, 15) is 4.39 Å². The van der Waals surface area contributed by atoms with Gasteiger partial charge in [0.25, 0.3) is 0 Å². The standard InChI is InChI=1S/C22H25FN6O3/c1-12(21-26-15-4-3-13(20(24)25)9-16(15)27-21)22-28-17-10-14(23)11-18(19(17)29-22)32-8-7-31-6-5-30-2/h3-4,9-12H,5-8H2,1-2H3,(H3,24,25)(H,26,27)(H,28,29). The average Bonchev–Trinajstić information content (AvgIpc) is 3.39. The van der Waals surface area contributed by atoms with Crippen LogP contribution in [0, 0.1) is 11.2 Å². The third-order valence-corrected chi connectivity index (χ3v) is 5.08. The second kappa shape index (κ2) is 9.33. The molecule has 0 saturated heterocycles. The molecule has 2 aromatic heterocycles. The molecule has 9 nitrogen and oxygen atoms in total. The van der Waals surface area contributed by atoms with Crippen LogP contribution in [-0.2, 0) is 9.47 Å². The van der Waals surface area contributed by atoms with Crippen molar-refractivity contribution in [2.24, 2.45) is 5.73 Å². The number of hydrogen-bond acceptors (Lipinski definition) is 6. The van der Waals surface area contributed by atoms with E-state index in [1.54, 1.807) is 19.2 Å². The number of amidine groups is 1. The lowest BCUT2D eigenvalue weighted by Gasteiger charge is -2.07. The van der Waals surface area contributed by atoms with Crippen LogP contribution in [-0.4, -0.2) is 59.3 Å². The Labute approximate surface area is 183 Å². The van der Waals surface area contributed by atoms with E-state index >= 15 is 0 Å². The molecule has 4 aromatic rings. The zero-order chi connectivity index (χ0) is 22.7. The molecule has 0 saturated carbocycles. The maximum Gasteiger partial charge on any atom is 0.150 e. The number of hydrogen-bond donors (Lipinski definition) is 4.